The summed E-state index contributed by atoms with van der Waals surface area (Å²) in [4.78, 5) is 5.06. The Balaban J connectivity index is 1.77. The second kappa shape index (κ2) is 7.13. The quantitative estimate of drug-likeness (QED) is 0.869. The summed E-state index contributed by atoms with van der Waals surface area (Å²) in [5.41, 5.74) is 0.994. The highest BCUT2D eigenvalue weighted by molar-refractivity contribution is 7.10. The molecule has 5 heteroatoms. The molecule has 3 atom stereocenters. The number of allylic oxidation sites excluding steroid dienone is 3. The molecule has 0 amide bonds. The first-order valence-corrected chi connectivity index (χ1v) is 8.29. The van der Waals surface area contributed by atoms with E-state index in [0.717, 1.165) is 18.7 Å². The van der Waals surface area contributed by atoms with Gasteiger partial charge in [0, 0.05) is 12.1 Å². The normalized spacial score (nSPS) is 24.2. The Kier molecular flexibility index (Phi) is 4.97. The van der Waals surface area contributed by atoms with Crippen LogP contribution in [-0.2, 0) is 4.74 Å². The highest BCUT2D eigenvalue weighted by atomic mass is 32.1. The lowest BCUT2D eigenvalue weighted by atomic mass is 9.92. The molecule has 1 N–H and O–H groups in total. The van der Waals surface area contributed by atoms with Crippen molar-refractivity contribution in [1.29, 1.82) is 0 Å². The molecule has 0 aromatic carbocycles. The van der Waals surface area contributed by atoms with Crippen LogP contribution in [0.3, 0.4) is 0 Å². The molecule has 1 aromatic rings. The van der Waals surface area contributed by atoms with E-state index in [2.05, 4.69) is 16.4 Å². The van der Waals surface area contributed by atoms with E-state index >= 15 is 0 Å². The third-order valence-electron chi connectivity index (χ3n) is 3.81. The van der Waals surface area contributed by atoms with Gasteiger partial charge in [0.1, 0.15) is 5.82 Å². The maximum absolute atomic E-state index is 14.0. The zero-order valence-corrected chi connectivity index (χ0v) is 13.2. The summed E-state index contributed by atoms with van der Waals surface area (Å²) < 4.78 is 20.2. The largest absolute Gasteiger partial charge is 0.364 e. The van der Waals surface area contributed by atoms with Crippen LogP contribution in [0.4, 0.5) is 4.39 Å². The van der Waals surface area contributed by atoms with Gasteiger partial charge in [-0.3, -0.25) is 4.99 Å². The minimum Gasteiger partial charge on any atom is -0.364 e. The van der Waals surface area contributed by atoms with Crippen LogP contribution < -0.4 is 5.32 Å². The van der Waals surface area contributed by atoms with Gasteiger partial charge in [-0.1, -0.05) is 18.2 Å². The second-order valence-electron chi connectivity index (χ2n) is 5.28. The molecule has 116 valence electrons. The molecule has 0 bridgehead atoms. The zero-order chi connectivity index (χ0) is 15.4. The number of hydrogen-bond donors (Lipinski definition) is 1. The summed E-state index contributed by atoms with van der Waals surface area (Å²) in [6.45, 7) is 0.778. The van der Waals surface area contributed by atoms with Crippen LogP contribution in [0.25, 0.3) is 0 Å². The van der Waals surface area contributed by atoms with Crippen molar-refractivity contribution < 1.29 is 9.13 Å². The monoisotopic (exact) mass is 318 g/mol. The van der Waals surface area contributed by atoms with Crippen molar-refractivity contribution in [3.63, 3.8) is 0 Å². The Labute approximate surface area is 133 Å². The number of rotatable bonds is 6. The van der Waals surface area contributed by atoms with Crippen molar-refractivity contribution in [3.05, 3.63) is 58.2 Å². The predicted molar refractivity (Wildman–Crippen MR) is 88.8 cm³/mol. The number of fused-ring (bicyclic) bond motifs is 1. The summed E-state index contributed by atoms with van der Waals surface area (Å²) >= 11 is 1.41. The van der Waals surface area contributed by atoms with E-state index in [1.165, 1.54) is 17.4 Å². The van der Waals surface area contributed by atoms with Crippen LogP contribution in [-0.4, -0.2) is 25.9 Å². The molecular formula is C17H19FN2OS. The molecule has 1 aromatic heterocycles. The molecule has 0 saturated carbocycles. The predicted octanol–water partition coefficient (Wildman–Crippen LogP) is 3.63. The summed E-state index contributed by atoms with van der Waals surface area (Å²) in [6, 6.07) is 1.50. The average Bonchev–Trinajstić information content (AvgIpc) is 2.97. The number of ether oxygens (including phenoxy) is 1. The standard InChI is InChI=1S/C17H19FN2OS/c1-19-10-7-16(17-13(18)8-11-22-17)21-15-6-2-5-14-12(15)4-3-9-20-14/h2-6,8-9,11-12,15-16,19H,7,10H2,1H3. The Bertz CT molecular complexity index is 632. The Morgan fingerprint density at radius 2 is 2.32 bits per heavy atom. The summed E-state index contributed by atoms with van der Waals surface area (Å²) in [5.74, 6) is -0.0750. The van der Waals surface area contributed by atoms with Crippen molar-refractivity contribution in [2.75, 3.05) is 13.6 Å². The van der Waals surface area contributed by atoms with Crippen LogP contribution in [0.5, 0.6) is 0 Å². The lowest BCUT2D eigenvalue weighted by molar-refractivity contribution is -0.00663. The maximum atomic E-state index is 14.0. The molecule has 2 heterocycles. The van der Waals surface area contributed by atoms with E-state index in [-0.39, 0.29) is 23.9 Å². The average molecular weight is 318 g/mol. The van der Waals surface area contributed by atoms with E-state index in [0.29, 0.717) is 4.88 Å². The van der Waals surface area contributed by atoms with Crippen LogP contribution in [0, 0.1) is 11.7 Å². The molecule has 1 aliphatic heterocycles. The molecule has 2 aliphatic rings. The molecule has 3 nitrogen and oxygen atoms in total. The lowest BCUT2D eigenvalue weighted by Crippen LogP contribution is -2.28. The molecule has 0 saturated heterocycles. The molecule has 3 unspecified atom stereocenters. The summed E-state index contributed by atoms with van der Waals surface area (Å²) in [5, 5.41) is 4.88. The summed E-state index contributed by atoms with van der Waals surface area (Å²) in [6.07, 6.45) is 12.2. The van der Waals surface area contributed by atoms with E-state index in [4.69, 9.17) is 4.74 Å². The lowest BCUT2D eigenvalue weighted by Gasteiger charge is -2.30. The molecule has 0 fully saturated rings. The van der Waals surface area contributed by atoms with Gasteiger partial charge in [-0.2, -0.15) is 0 Å². The van der Waals surface area contributed by atoms with Crippen molar-refractivity contribution in [3.8, 4) is 0 Å². The smallest absolute Gasteiger partial charge is 0.139 e. The van der Waals surface area contributed by atoms with Gasteiger partial charge in [-0.05, 0) is 43.6 Å². The van der Waals surface area contributed by atoms with E-state index in [9.17, 15) is 4.39 Å². The van der Waals surface area contributed by atoms with Gasteiger partial charge >= 0.3 is 0 Å². The first-order chi connectivity index (χ1) is 10.8. The minimum absolute atomic E-state index is 0.107. The van der Waals surface area contributed by atoms with Gasteiger partial charge < -0.3 is 10.1 Å². The number of thiophene rings is 1. The molecule has 3 rings (SSSR count). The van der Waals surface area contributed by atoms with Gasteiger partial charge in [0.2, 0.25) is 0 Å². The van der Waals surface area contributed by atoms with Gasteiger partial charge in [0.05, 0.1) is 22.8 Å². The number of nitrogens with one attached hydrogen (secondary N) is 1. The highest BCUT2D eigenvalue weighted by Gasteiger charge is 2.29. The number of halogens is 1. The fourth-order valence-electron chi connectivity index (χ4n) is 2.69. The molecule has 0 spiro atoms. The van der Waals surface area contributed by atoms with Crippen LogP contribution >= 0.6 is 11.3 Å². The minimum atomic E-state index is -0.249. The molecule has 22 heavy (non-hydrogen) atoms. The highest BCUT2D eigenvalue weighted by Crippen LogP contribution is 2.35. The van der Waals surface area contributed by atoms with Crippen molar-refractivity contribution in [2.24, 2.45) is 10.9 Å². The number of dihydropyridines is 1. The van der Waals surface area contributed by atoms with Crippen molar-refractivity contribution in [2.45, 2.75) is 18.6 Å². The molecule has 1 aliphatic carbocycles. The van der Waals surface area contributed by atoms with Gasteiger partial charge in [0.25, 0.3) is 0 Å². The van der Waals surface area contributed by atoms with E-state index in [1.807, 2.05) is 31.4 Å². The maximum Gasteiger partial charge on any atom is 0.139 e. The van der Waals surface area contributed by atoms with Gasteiger partial charge in [-0.25, -0.2) is 4.39 Å². The van der Waals surface area contributed by atoms with Gasteiger partial charge in [0.15, 0.2) is 0 Å². The topological polar surface area (TPSA) is 33.6 Å². The Hall–Kier alpha value is -1.56. The van der Waals surface area contributed by atoms with Gasteiger partial charge in [-0.15, -0.1) is 11.3 Å². The Morgan fingerprint density at radius 3 is 3.09 bits per heavy atom. The third-order valence-corrected chi connectivity index (χ3v) is 4.79. The fraction of sp³-hybridized carbons (Fsp3) is 0.353. The van der Waals surface area contributed by atoms with E-state index in [1.54, 1.807) is 11.6 Å². The van der Waals surface area contributed by atoms with Crippen molar-refractivity contribution >= 4 is 17.6 Å². The molecule has 0 radical (unpaired) electrons. The first kappa shape index (κ1) is 15.3. The number of aliphatic imine (C=N–C) groups is 1. The zero-order valence-electron chi connectivity index (χ0n) is 12.4. The second-order valence-corrected chi connectivity index (χ2v) is 6.23. The van der Waals surface area contributed by atoms with Crippen LogP contribution in [0.2, 0.25) is 0 Å². The van der Waals surface area contributed by atoms with Crippen molar-refractivity contribution in [1.82, 2.24) is 5.32 Å². The fourth-order valence-corrected chi connectivity index (χ4v) is 3.53. The number of hydrogen-bond acceptors (Lipinski definition) is 4. The third kappa shape index (κ3) is 3.27. The first-order valence-electron chi connectivity index (χ1n) is 7.42. The van der Waals surface area contributed by atoms with Crippen LogP contribution in [0.15, 0.2) is 52.5 Å². The van der Waals surface area contributed by atoms with E-state index < -0.39 is 0 Å². The Morgan fingerprint density at radius 1 is 1.41 bits per heavy atom. The summed E-state index contributed by atoms with van der Waals surface area (Å²) in [7, 11) is 1.89. The number of nitrogens with zero attached hydrogens (tertiary/aromatic N) is 1. The molecular weight excluding hydrogens is 299 g/mol. The van der Waals surface area contributed by atoms with Crippen LogP contribution in [0.1, 0.15) is 17.4 Å². The SMILES string of the molecule is CNCCC(OC1C=CC=C2N=CC=CC21)c1sccc1F.